The molecule has 0 spiro atoms. The van der Waals surface area contributed by atoms with E-state index >= 15 is 0 Å². The Labute approximate surface area is 90.6 Å². The quantitative estimate of drug-likeness (QED) is 0.657. The van der Waals surface area contributed by atoms with Crippen molar-refractivity contribution in [2.75, 3.05) is 11.5 Å². The molecule has 6 heteroatoms. The zero-order valence-corrected chi connectivity index (χ0v) is 9.98. The fourth-order valence-electron chi connectivity index (χ4n) is 0.923. The molecule has 0 aromatic carbocycles. The maximum Gasteiger partial charge on any atom is 0.262 e. The Morgan fingerprint density at radius 1 is 1.50 bits per heavy atom. The van der Waals surface area contributed by atoms with Gasteiger partial charge in [0.15, 0.2) is 0 Å². The van der Waals surface area contributed by atoms with Crippen LogP contribution >= 0.6 is 12.6 Å². The molecule has 0 unspecified atom stereocenters. The van der Waals surface area contributed by atoms with Crippen molar-refractivity contribution in [3.8, 4) is 0 Å². The van der Waals surface area contributed by atoms with Gasteiger partial charge in [0.2, 0.25) is 9.84 Å². The highest BCUT2D eigenvalue weighted by molar-refractivity contribution is 8.06. The standard InChI is InChI=1S/C8H17NO3S2/c1-2-3-6-14(11,12)8(10)7(9)4-5-13/h7,13H,2-6,9H2,1H3/t7-/m0/s1. The highest BCUT2D eigenvalue weighted by atomic mass is 32.2. The number of carbonyl (C=O) groups is 1. The topological polar surface area (TPSA) is 77.2 Å². The third-order valence-electron chi connectivity index (χ3n) is 1.82. The van der Waals surface area contributed by atoms with Gasteiger partial charge in [-0.15, -0.1) is 0 Å². The van der Waals surface area contributed by atoms with Crippen LogP contribution in [0.5, 0.6) is 0 Å². The lowest BCUT2D eigenvalue weighted by molar-refractivity contribution is -0.112. The Balaban J connectivity index is 4.35. The predicted molar refractivity (Wildman–Crippen MR) is 60.1 cm³/mol. The van der Waals surface area contributed by atoms with Gasteiger partial charge in [-0.1, -0.05) is 13.3 Å². The van der Waals surface area contributed by atoms with Gasteiger partial charge in [-0.05, 0) is 18.6 Å². The van der Waals surface area contributed by atoms with Gasteiger partial charge in [0, 0.05) is 0 Å². The molecule has 0 bridgehead atoms. The van der Waals surface area contributed by atoms with Crippen molar-refractivity contribution in [3.63, 3.8) is 0 Å². The van der Waals surface area contributed by atoms with Crippen molar-refractivity contribution in [2.45, 2.75) is 32.2 Å². The fraction of sp³-hybridized carbons (Fsp3) is 0.875. The second kappa shape index (κ2) is 6.42. The molecular weight excluding hydrogens is 222 g/mol. The Bertz CT molecular complexity index is 274. The third kappa shape index (κ3) is 4.43. The van der Waals surface area contributed by atoms with Crippen LogP contribution in [0, 0.1) is 0 Å². The molecule has 0 radical (unpaired) electrons. The molecule has 14 heavy (non-hydrogen) atoms. The van der Waals surface area contributed by atoms with E-state index in [9.17, 15) is 13.2 Å². The molecule has 0 rings (SSSR count). The second-order valence-electron chi connectivity index (χ2n) is 3.11. The normalized spacial score (nSPS) is 13.9. The third-order valence-corrected chi connectivity index (χ3v) is 3.82. The minimum atomic E-state index is -3.64. The predicted octanol–water partition coefficient (Wildman–Crippen LogP) is 0.375. The Morgan fingerprint density at radius 3 is 2.50 bits per heavy atom. The summed E-state index contributed by atoms with van der Waals surface area (Å²) in [6.45, 7) is 1.87. The van der Waals surface area contributed by atoms with Crippen LogP contribution in [-0.4, -0.2) is 31.1 Å². The van der Waals surface area contributed by atoms with Crippen molar-refractivity contribution in [1.82, 2.24) is 0 Å². The van der Waals surface area contributed by atoms with Crippen LogP contribution in [0.3, 0.4) is 0 Å². The molecule has 0 saturated carbocycles. The van der Waals surface area contributed by atoms with Crippen molar-refractivity contribution < 1.29 is 13.2 Å². The molecule has 0 aliphatic carbocycles. The number of hydrogen-bond acceptors (Lipinski definition) is 5. The van der Waals surface area contributed by atoms with E-state index in [-0.39, 0.29) is 5.75 Å². The zero-order valence-electron chi connectivity index (χ0n) is 8.27. The average Bonchev–Trinajstić information content (AvgIpc) is 2.14. The molecule has 84 valence electrons. The lowest BCUT2D eigenvalue weighted by atomic mass is 10.3. The molecular formula is C8H17NO3S2. The Kier molecular flexibility index (Phi) is 6.39. The van der Waals surface area contributed by atoms with Crippen molar-refractivity contribution in [3.05, 3.63) is 0 Å². The number of unbranched alkanes of at least 4 members (excludes halogenated alkanes) is 1. The smallest absolute Gasteiger partial charge is 0.262 e. The summed E-state index contributed by atoms with van der Waals surface area (Å²) in [5, 5.41) is -0.847. The highest BCUT2D eigenvalue weighted by Crippen LogP contribution is 2.04. The summed E-state index contributed by atoms with van der Waals surface area (Å²) in [7, 11) is -3.64. The number of hydrogen-bond donors (Lipinski definition) is 2. The molecule has 1 atom stereocenters. The van der Waals surface area contributed by atoms with E-state index in [1.54, 1.807) is 0 Å². The van der Waals surface area contributed by atoms with Crippen molar-refractivity contribution >= 4 is 27.6 Å². The number of sulfone groups is 1. The van der Waals surface area contributed by atoms with Gasteiger partial charge in [-0.2, -0.15) is 12.6 Å². The van der Waals surface area contributed by atoms with Crippen LogP contribution in [0.15, 0.2) is 0 Å². The van der Waals surface area contributed by atoms with E-state index in [0.717, 1.165) is 6.42 Å². The minimum Gasteiger partial charge on any atom is -0.321 e. The van der Waals surface area contributed by atoms with E-state index in [1.807, 2.05) is 6.92 Å². The first-order valence-electron chi connectivity index (χ1n) is 4.58. The van der Waals surface area contributed by atoms with Crippen LogP contribution in [-0.2, 0) is 14.6 Å². The summed E-state index contributed by atoms with van der Waals surface area (Å²) in [6, 6.07) is -0.922. The molecule has 0 aliphatic heterocycles. The van der Waals surface area contributed by atoms with Crippen LogP contribution in [0.4, 0.5) is 0 Å². The minimum absolute atomic E-state index is 0.0946. The molecule has 4 nitrogen and oxygen atoms in total. The van der Waals surface area contributed by atoms with Crippen LogP contribution in [0.1, 0.15) is 26.2 Å². The number of carbonyl (C=O) groups excluding carboxylic acids is 1. The summed E-state index contributed by atoms with van der Waals surface area (Å²) in [4.78, 5) is 11.3. The summed E-state index contributed by atoms with van der Waals surface area (Å²) < 4.78 is 22.7. The van der Waals surface area contributed by atoms with Gasteiger partial charge < -0.3 is 5.73 Å². The van der Waals surface area contributed by atoms with E-state index in [2.05, 4.69) is 12.6 Å². The molecule has 0 aliphatic rings. The largest absolute Gasteiger partial charge is 0.321 e. The highest BCUT2D eigenvalue weighted by Gasteiger charge is 2.26. The fourth-order valence-corrected chi connectivity index (χ4v) is 2.65. The lowest BCUT2D eigenvalue weighted by Crippen LogP contribution is -2.37. The maximum absolute atomic E-state index is 11.4. The molecule has 0 aromatic heterocycles. The van der Waals surface area contributed by atoms with E-state index in [4.69, 9.17) is 5.73 Å². The van der Waals surface area contributed by atoms with Gasteiger partial charge in [0.1, 0.15) is 0 Å². The van der Waals surface area contributed by atoms with Gasteiger partial charge in [-0.3, -0.25) is 4.79 Å². The molecule has 0 saturated heterocycles. The van der Waals surface area contributed by atoms with E-state index in [0.29, 0.717) is 18.6 Å². The lowest BCUT2D eigenvalue weighted by Gasteiger charge is -2.08. The summed E-state index contributed by atoms with van der Waals surface area (Å²) >= 11 is 3.89. The molecule has 0 amide bonds. The number of rotatable bonds is 6. The first-order chi connectivity index (χ1) is 6.45. The van der Waals surface area contributed by atoms with Crippen LogP contribution in [0.25, 0.3) is 0 Å². The SMILES string of the molecule is CCCCS(=O)(=O)C(=O)[C@@H](N)CCS. The monoisotopic (exact) mass is 239 g/mol. The van der Waals surface area contributed by atoms with Gasteiger partial charge in [0.05, 0.1) is 11.8 Å². The summed E-state index contributed by atoms with van der Waals surface area (Å²) in [6.07, 6.45) is 1.54. The van der Waals surface area contributed by atoms with E-state index in [1.165, 1.54) is 0 Å². The molecule has 0 aromatic rings. The molecule has 0 fully saturated rings. The van der Waals surface area contributed by atoms with Crippen LogP contribution in [0.2, 0.25) is 0 Å². The second-order valence-corrected chi connectivity index (χ2v) is 5.60. The van der Waals surface area contributed by atoms with Gasteiger partial charge >= 0.3 is 0 Å². The maximum atomic E-state index is 11.4. The summed E-state index contributed by atoms with van der Waals surface area (Å²) in [5.41, 5.74) is 5.41. The molecule has 0 heterocycles. The Hall–Kier alpha value is -0.0700. The van der Waals surface area contributed by atoms with Gasteiger partial charge in [-0.25, -0.2) is 8.42 Å². The summed E-state index contributed by atoms with van der Waals surface area (Å²) in [5.74, 6) is 0.318. The Morgan fingerprint density at radius 2 is 2.07 bits per heavy atom. The first kappa shape index (κ1) is 13.9. The average molecular weight is 239 g/mol. The van der Waals surface area contributed by atoms with Crippen LogP contribution < -0.4 is 5.73 Å². The number of thiol groups is 1. The zero-order chi connectivity index (χ0) is 11.2. The first-order valence-corrected chi connectivity index (χ1v) is 6.87. The van der Waals surface area contributed by atoms with Crippen molar-refractivity contribution in [1.29, 1.82) is 0 Å². The van der Waals surface area contributed by atoms with E-state index < -0.39 is 21.0 Å². The van der Waals surface area contributed by atoms with Crippen molar-refractivity contribution in [2.24, 2.45) is 5.73 Å². The van der Waals surface area contributed by atoms with Gasteiger partial charge in [0.25, 0.3) is 5.12 Å². The number of nitrogens with two attached hydrogens (primary N) is 1. The molecule has 2 N–H and O–H groups in total.